The number of carbonyl (C=O) groups is 2. The van der Waals surface area contributed by atoms with Crippen LogP contribution in [0, 0.1) is 6.92 Å². The Labute approximate surface area is 180 Å². The quantitative estimate of drug-likeness (QED) is 0.462. The molecule has 4 rings (SSSR count). The number of para-hydroxylation sites is 2. The fraction of sp³-hybridized carbons (Fsp3) is 0.208. The molecule has 0 radical (unpaired) electrons. The van der Waals surface area contributed by atoms with Crippen molar-refractivity contribution < 1.29 is 14.0 Å². The lowest BCUT2D eigenvalue weighted by molar-refractivity contribution is -0.123. The second kappa shape index (κ2) is 9.30. The topological polar surface area (TPSA) is 89.2 Å². The van der Waals surface area contributed by atoms with E-state index in [-0.39, 0.29) is 11.7 Å². The fourth-order valence-electron chi connectivity index (χ4n) is 3.59. The minimum Gasteiger partial charge on any atom is -0.459 e. The van der Waals surface area contributed by atoms with Gasteiger partial charge >= 0.3 is 0 Å². The molecule has 0 aliphatic carbocycles. The highest BCUT2D eigenvalue weighted by atomic mass is 16.3. The van der Waals surface area contributed by atoms with Gasteiger partial charge in [0.15, 0.2) is 5.76 Å². The van der Waals surface area contributed by atoms with Gasteiger partial charge in [0.1, 0.15) is 11.9 Å². The Morgan fingerprint density at radius 2 is 1.81 bits per heavy atom. The molecule has 4 aromatic rings. The van der Waals surface area contributed by atoms with Crippen molar-refractivity contribution >= 4 is 22.8 Å². The first-order valence-corrected chi connectivity index (χ1v) is 10.2. The molecule has 0 spiro atoms. The molecular weight excluding hydrogens is 392 g/mol. The van der Waals surface area contributed by atoms with Crippen LogP contribution in [0.15, 0.2) is 77.4 Å². The first kappa shape index (κ1) is 20.4. The van der Waals surface area contributed by atoms with Crippen molar-refractivity contribution in [3.05, 3.63) is 90.1 Å². The Bertz CT molecular complexity index is 1170. The molecule has 0 bridgehead atoms. The Morgan fingerprint density at radius 3 is 2.58 bits per heavy atom. The van der Waals surface area contributed by atoms with E-state index in [2.05, 4.69) is 20.2 Å². The standard InChI is InChI=1S/C24H24N4O3/c1-17-26-19-10-5-6-11-21(19)28(17)14-13-25-23(29)20(16-18-8-3-2-4-9-18)27-24(30)22-12-7-15-31-22/h2-12,15,20H,13-14,16H2,1H3,(H,25,29)(H,27,30)/t20-/m0/s1. The molecule has 2 amide bonds. The highest BCUT2D eigenvalue weighted by molar-refractivity contribution is 5.95. The predicted octanol–water partition coefficient (Wildman–Crippen LogP) is 3.10. The Balaban J connectivity index is 1.43. The average Bonchev–Trinajstić information content (AvgIpc) is 3.42. The lowest BCUT2D eigenvalue weighted by Crippen LogP contribution is -2.48. The Kier molecular flexibility index (Phi) is 6.12. The highest BCUT2D eigenvalue weighted by Gasteiger charge is 2.23. The van der Waals surface area contributed by atoms with Gasteiger partial charge in [-0.3, -0.25) is 9.59 Å². The van der Waals surface area contributed by atoms with Crippen LogP contribution in [0.2, 0.25) is 0 Å². The molecular formula is C24H24N4O3. The van der Waals surface area contributed by atoms with Gasteiger partial charge in [-0.05, 0) is 36.8 Å². The number of fused-ring (bicyclic) bond motifs is 1. The van der Waals surface area contributed by atoms with Crippen LogP contribution in [0.1, 0.15) is 21.9 Å². The summed E-state index contributed by atoms with van der Waals surface area (Å²) in [6.07, 6.45) is 1.81. The molecule has 0 saturated heterocycles. The van der Waals surface area contributed by atoms with Crippen molar-refractivity contribution in [1.82, 2.24) is 20.2 Å². The number of nitrogens with one attached hydrogen (secondary N) is 2. The van der Waals surface area contributed by atoms with E-state index in [0.717, 1.165) is 22.4 Å². The lowest BCUT2D eigenvalue weighted by atomic mass is 10.1. The van der Waals surface area contributed by atoms with Crippen LogP contribution < -0.4 is 10.6 Å². The summed E-state index contributed by atoms with van der Waals surface area (Å²) in [6, 6.07) is 20.0. The molecule has 0 aliphatic rings. The monoisotopic (exact) mass is 416 g/mol. The normalized spacial score (nSPS) is 11.9. The van der Waals surface area contributed by atoms with E-state index in [1.165, 1.54) is 6.26 Å². The number of furan rings is 1. The predicted molar refractivity (Wildman–Crippen MR) is 118 cm³/mol. The van der Waals surface area contributed by atoms with Crippen molar-refractivity contribution in [2.24, 2.45) is 0 Å². The molecule has 1 atom stereocenters. The van der Waals surface area contributed by atoms with Crippen LogP contribution >= 0.6 is 0 Å². The largest absolute Gasteiger partial charge is 0.459 e. The molecule has 2 N–H and O–H groups in total. The van der Waals surface area contributed by atoms with Crippen molar-refractivity contribution in [3.8, 4) is 0 Å². The molecule has 0 unspecified atom stereocenters. The van der Waals surface area contributed by atoms with Crippen LogP contribution in [0.25, 0.3) is 11.0 Å². The summed E-state index contributed by atoms with van der Waals surface area (Å²) < 4.78 is 7.23. The van der Waals surface area contributed by atoms with Gasteiger partial charge in [-0.15, -0.1) is 0 Å². The molecule has 2 aromatic heterocycles. The van der Waals surface area contributed by atoms with Gasteiger partial charge in [0.25, 0.3) is 5.91 Å². The average molecular weight is 416 g/mol. The van der Waals surface area contributed by atoms with Gasteiger partial charge in [-0.1, -0.05) is 42.5 Å². The summed E-state index contributed by atoms with van der Waals surface area (Å²) in [6.45, 7) is 2.95. The molecule has 7 nitrogen and oxygen atoms in total. The Morgan fingerprint density at radius 1 is 1.03 bits per heavy atom. The maximum atomic E-state index is 12.9. The SMILES string of the molecule is Cc1nc2ccccc2n1CCNC(=O)[C@H](Cc1ccccc1)NC(=O)c1ccco1. The van der Waals surface area contributed by atoms with E-state index in [1.807, 2.05) is 61.5 Å². The number of hydrogen-bond donors (Lipinski definition) is 2. The summed E-state index contributed by atoms with van der Waals surface area (Å²) in [5.41, 5.74) is 2.92. The van der Waals surface area contributed by atoms with Gasteiger partial charge in [0, 0.05) is 19.5 Å². The fourth-order valence-corrected chi connectivity index (χ4v) is 3.59. The number of benzene rings is 2. The zero-order valence-electron chi connectivity index (χ0n) is 17.2. The van der Waals surface area contributed by atoms with Gasteiger partial charge in [-0.2, -0.15) is 0 Å². The van der Waals surface area contributed by atoms with Crippen LogP contribution in [-0.2, 0) is 17.8 Å². The van der Waals surface area contributed by atoms with Crippen LogP contribution in [0.4, 0.5) is 0 Å². The summed E-state index contributed by atoms with van der Waals surface area (Å²) in [5, 5.41) is 5.74. The van der Waals surface area contributed by atoms with Crippen molar-refractivity contribution in [1.29, 1.82) is 0 Å². The number of rotatable bonds is 8. The van der Waals surface area contributed by atoms with Crippen LogP contribution in [-0.4, -0.2) is 34.0 Å². The molecule has 2 heterocycles. The molecule has 31 heavy (non-hydrogen) atoms. The second-order valence-electron chi connectivity index (χ2n) is 7.28. The van der Waals surface area contributed by atoms with Gasteiger partial charge < -0.3 is 19.6 Å². The minimum absolute atomic E-state index is 0.173. The van der Waals surface area contributed by atoms with E-state index in [0.29, 0.717) is 19.5 Å². The van der Waals surface area contributed by atoms with E-state index in [4.69, 9.17) is 4.42 Å². The number of amides is 2. The number of hydrogen-bond acceptors (Lipinski definition) is 4. The summed E-state index contributed by atoms with van der Waals surface area (Å²) in [4.78, 5) is 30.0. The third-order valence-electron chi connectivity index (χ3n) is 5.13. The zero-order valence-corrected chi connectivity index (χ0v) is 17.2. The van der Waals surface area contributed by atoms with Gasteiger partial charge in [0.05, 0.1) is 17.3 Å². The first-order valence-electron chi connectivity index (χ1n) is 10.2. The first-order chi connectivity index (χ1) is 15.1. The van der Waals surface area contributed by atoms with Crippen molar-refractivity contribution in [2.75, 3.05) is 6.54 Å². The van der Waals surface area contributed by atoms with Gasteiger partial charge in [0.2, 0.25) is 5.91 Å². The number of imidazole rings is 1. The number of nitrogens with zero attached hydrogens (tertiary/aromatic N) is 2. The maximum absolute atomic E-state index is 12.9. The molecule has 0 saturated carbocycles. The third-order valence-corrected chi connectivity index (χ3v) is 5.13. The lowest BCUT2D eigenvalue weighted by Gasteiger charge is -2.18. The van der Waals surface area contributed by atoms with Gasteiger partial charge in [-0.25, -0.2) is 4.98 Å². The number of aromatic nitrogens is 2. The summed E-state index contributed by atoms with van der Waals surface area (Å²) in [7, 11) is 0. The van der Waals surface area contributed by atoms with E-state index >= 15 is 0 Å². The molecule has 0 fully saturated rings. The van der Waals surface area contributed by atoms with Crippen LogP contribution in [0.5, 0.6) is 0 Å². The van der Waals surface area contributed by atoms with E-state index in [1.54, 1.807) is 12.1 Å². The molecule has 7 heteroatoms. The van der Waals surface area contributed by atoms with E-state index in [9.17, 15) is 9.59 Å². The third kappa shape index (κ3) is 4.83. The zero-order chi connectivity index (χ0) is 21.6. The molecule has 0 aliphatic heterocycles. The summed E-state index contributed by atoms with van der Waals surface area (Å²) in [5.74, 6) is 0.400. The smallest absolute Gasteiger partial charge is 0.287 e. The number of carbonyl (C=O) groups excluding carboxylic acids is 2. The van der Waals surface area contributed by atoms with E-state index < -0.39 is 11.9 Å². The minimum atomic E-state index is -0.722. The number of aryl methyl sites for hydroxylation is 1. The van der Waals surface area contributed by atoms with Crippen LogP contribution in [0.3, 0.4) is 0 Å². The summed E-state index contributed by atoms with van der Waals surface area (Å²) >= 11 is 0. The maximum Gasteiger partial charge on any atom is 0.287 e. The second-order valence-corrected chi connectivity index (χ2v) is 7.28. The highest BCUT2D eigenvalue weighted by Crippen LogP contribution is 2.15. The Hall–Kier alpha value is -3.87. The molecule has 2 aromatic carbocycles. The van der Waals surface area contributed by atoms with Crippen molar-refractivity contribution in [2.45, 2.75) is 25.9 Å². The molecule has 158 valence electrons. The van der Waals surface area contributed by atoms with Crippen molar-refractivity contribution in [3.63, 3.8) is 0 Å².